The number of rotatable bonds is 7. The molecule has 1 amide bonds. The van der Waals surface area contributed by atoms with E-state index in [1.54, 1.807) is 4.90 Å². The summed E-state index contributed by atoms with van der Waals surface area (Å²) < 4.78 is 2.10. The van der Waals surface area contributed by atoms with Gasteiger partial charge >= 0.3 is 0 Å². The predicted octanol–water partition coefficient (Wildman–Crippen LogP) is 2.83. The zero-order valence-electron chi connectivity index (χ0n) is 16.3. The van der Waals surface area contributed by atoms with Gasteiger partial charge in [-0.15, -0.1) is 0 Å². The van der Waals surface area contributed by atoms with E-state index in [4.69, 9.17) is 5.10 Å². The minimum atomic E-state index is 0.0330. The van der Waals surface area contributed by atoms with Crippen molar-refractivity contribution in [3.05, 3.63) is 17.0 Å². The van der Waals surface area contributed by atoms with Crippen molar-refractivity contribution in [3.8, 4) is 0 Å². The maximum absolute atomic E-state index is 12.6. The molecule has 5 nitrogen and oxygen atoms in total. The van der Waals surface area contributed by atoms with Crippen LogP contribution in [0, 0.1) is 5.92 Å². The van der Waals surface area contributed by atoms with Crippen LogP contribution in [0.1, 0.15) is 61.8 Å². The summed E-state index contributed by atoms with van der Waals surface area (Å²) >= 11 is 0. The topological polar surface area (TPSA) is 41.4 Å². The molecule has 1 heterocycles. The van der Waals surface area contributed by atoms with Crippen molar-refractivity contribution in [2.75, 3.05) is 27.7 Å². The lowest BCUT2D eigenvalue weighted by Gasteiger charge is -2.32. The number of carbonyl (C=O) groups is 1. The maximum Gasteiger partial charge on any atom is 0.274 e. The van der Waals surface area contributed by atoms with Gasteiger partial charge in [0.15, 0.2) is 5.69 Å². The Kier molecular flexibility index (Phi) is 6.44. The summed E-state index contributed by atoms with van der Waals surface area (Å²) in [6.07, 6.45) is 5.58. The van der Waals surface area contributed by atoms with E-state index in [0.717, 1.165) is 32.4 Å². The molecular formula is C19H34N4O. The number of hydrogen-bond acceptors (Lipinski definition) is 3. The van der Waals surface area contributed by atoms with Gasteiger partial charge in [-0.1, -0.05) is 27.2 Å². The minimum absolute atomic E-state index is 0.0330. The van der Waals surface area contributed by atoms with E-state index >= 15 is 0 Å². The Hall–Kier alpha value is -1.36. The lowest BCUT2D eigenvalue weighted by atomic mass is 9.90. The first kappa shape index (κ1) is 19.0. The number of likely N-dealkylation sites (N-methyl/N-ethyl adjacent to an activating group) is 1. The highest BCUT2D eigenvalue weighted by Gasteiger charge is 2.31. The van der Waals surface area contributed by atoms with Crippen LogP contribution < -0.4 is 0 Å². The summed E-state index contributed by atoms with van der Waals surface area (Å²) in [5.74, 6) is 0.562. The maximum atomic E-state index is 12.6. The Balaban J connectivity index is 2.29. The molecule has 24 heavy (non-hydrogen) atoms. The highest BCUT2D eigenvalue weighted by Crippen LogP contribution is 2.28. The molecule has 2 rings (SSSR count). The van der Waals surface area contributed by atoms with E-state index in [1.165, 1.54) is 24.1 Å². The van der Waals surface area contributed by atoms with Crippen LogP contribution in [-0.4, -0.2) is 59.2 Å². The highest BCUT2D eigenvalue weighted by molar-refractivity contribution is 5.93. The quantitative estimate of drug-likeness (QED) is 0.770. The van der Waals surface area contributed by atoms with Crippen molar-refractivity contribution in [1.82, 2.24) is 19.6 Å². The van der Waals surface area contributed by atoms with Crippen LogP contribution in [0.15, 0.2) is 0 Å². The largest absolute Gasteiger partial charge is 0.343 e. The molecule has 0 unspecified atom stereocenters. The Morgan fingerprint density at radius 1 is 1.33 bits per heavy atom. The van der Waals surface area contributed by atoms with E-state index in [2.05, 4.69) is 37.4 Å². The highest BCUT2D eigenvalue weighted by atomic mass is 16.2. The molecule has 1 aromatic heterocycles. The number of fused-ring (bicyclic) bond motifs is 1. The van der Waals surface area contributed by atoms with Crippen LogP contribution in [-0.2, 0) is 19.4 Å². The number of aromatic nitrogens is 2. The van der Waals surface area contributed by atoms with Crippen molar-refractivity contribution in [1.29, 1.82) is 0 Å². The van der Waals surface area contributed by atoms with Crippen molar-refractivity contribution in [3.63, 3.8) is 0 Å². The van der Waals surface area contributed by atoms with Crippen molar-refractivity contribution < 1.29 is 4.79 Å². The molecule has 0 spiro atoms. The standard InChI is InChI=1S/C19H34N4O/c1-7-8-11-22(6)15-9-10-17-16(12-15)18(19(24)21(4)5)20-23(17)13-14(2)3/h14-15H,7-13H2,1-6H3/t15-/m0/s1. The first-order chi connectivity index (χ1) is 11.3. The van der Waals surface area contributed by atoms with Gasteiger partial charge in [0.05, 0.1) is 0 Å². The van der Waals surface area contributed by atoms with Crippen molar-refractivity contribution >= 4 is 5.91 Å². The van der Waals surface area contributed by atoms with Crippen LogP contribution in [0.25, 0.3) is 0 Å². The van der Waals surface area contributed by atoms with Crippen LogP contribution in [0.3, 0.4) is 0 Å². The summed E-state index contributed by atoms with van der Waals surface area (Å²) in [5.41, 5.74) is 3.15. The molecule has 0 fully saturated rings. The van der Waals surface area contributed by atoms with Gasteiger partial charge in [0.2, 0.25) is 0 Å². The van der Waals surface area contributed by atoms with Gasteiger partial charge in [-0.05, 0) is 45.2 Å². The normalized spacial score (nSPS) is 17.4. The average molecular weight is 335 g/mol. The smallest absolute Gasteiger partial charge is 0.274 e. The summed E-state index contributed by atoms with van der Waals surface area (Å²) in [4.78, 5) is 16.7. The third kappa shape index (κ3) is 4.18. The van der Waals surface area contributed by atoms with E-state index in [-0.39, 0.29) is 5.91 Å². The molecule has 0 bridgehead atoms. The summed E-state index contributed by atoms with van der Waals surface area (Å²) in [6.45, 7) is 8.65. The van der Waals surface area contributed by atoms with Gasteiger partial charge in [-0.25, -0.2) is 0 Å². The van der Waals surface area contributed by atoms with Crippen LogP contribution in [0.2, 0.25) is 0 Å². The third-order valence-electron chi connectivity index (χ3n) is 4.96. The Bertz CT molecular complexity index is 562. The molecular weight excluding hydrogens is 300 g/mol. The van der Waals surface area contributed by atoms with Crippen molar-refractivity contribution in [2.45, 2.75) is 65.5 Å². The van der Waals surface area contributed by atoms with E-state index in [0.29, 0.717) is 17.7 Å². The second-order valence-corrected chi connectivity index (χ2v) is 7.78. The van der Waals surface area contributed by atoms with Gasteiger partial charge < -0.3 is 9.80 Å². The van der Waals surface area contributed by atoms with Gasteiger partial charge in [-0.2, -0.15) is 5.10 Å². The molecule has 0 aromatic carbocycles. The fraction of sp³-hybridized carbons (Fsp3) is 0.789. The zero-order chi connectivity index (χ0) is 17.9. The number of unbranched alkanes of at least 4 members (excludes halogenated alkanes) is 1. The molecule has 0 aliphatic heterocycles. The number of carbonyl (C=O) groups excluding carboxylic acids is 1. The SMILES string of the molecule is CCCCN(C)[C@H]1CCc2c(c(C(=O)N(C)C)nn2CC(C)C)C1. The predicted molar refractivity (Wildman–Crippen MR) is 98.4 cm³/mol. The number of hydrogen-bond donors (Lipinski definition) is 0. The lowest BCUT2D eigenvalue weighted by molar-refractivity contribution is 0.0819. The van der Waals surface area contributed by atoms with Gasteiger partial charge in [-0.3, -0.25) is 9.48 Å². The minimum Gasteiger partial charge on any atom is -0.343 e. The molecule has 1 aromatic rings. The Labute approximate surface area is 147 Å². The molecule has 136 valence electrons. The van der Waals surface area contributed by atoms with Gasteiger partial charge in [0, 0.05) is 37.9 Å². The van der Waals surface area contributed by atoms with E-state index in [1.807, 2.05) is 14.1 Å². The van der Waals surface area contributed by atoms with E-state index in [9.17, 15) is 4.79 Å². The van der Waals surface area contributed by atoms with Crippen LogP contribution >= 0.6 is 0 Å². The molecule has 5 heteroatoms. The summed E-state index contributed by atoms with van der Waals surface area (Å²) in [6, 6.07) is 0.523. The number of amides is 1. The van der Waals surface area contributed by atoms with Crippen molar-refractivity contribution in [2.24, 2.45) is 5.92 Å². The fourth-order valence-corrected chi connectivity index (χ4v) is 3.52. The van der Waals surface area contributed by atoms with Crippen LogP contribution in [0.4, 0.5) is 0 Å². The molecule has 1 aliphatic carbocycles. The monoisotopic (exact) mass is 334 g/mol. The molecule has 0 N–H and O–H groups in total. The van der Waals surface area contributed by atoms with Gasteiger partial charge in [0.1, 0.15) is 0 Å². The second-order valence-electron chi connectivity index (χ2n) is 7.78. The third-order valence-corrected chi connectivity index (χ3v) is 4.96. The molecule has 1 atom stereocenters. The number of nitrogens with zero attached hydrogens (tertiary/aromatic N) is 4. The average Bonchev–Trinajstić information content (AvgIpc) is 2.88. The summed E-state index contributed by atoms with van der Waals surface area (Å²) in [5, 5.41) is 4.72. The molecule has 0 saturated heterocycles. The first-order valence-electron chi connectivity index (χ1n) is 9.35. The fourth-order valence-electron chi connectivity index (χ4n) is 3.52. The van der Waals surface area contributed by atoms with E-state index < -0.39 is 0 Å². The molecule has 1 aliphatic rings. The Morgan fingerprint density at radius 2 is 2.04 bits per heavy atom. The van der Waals surface area contributed by atoms with Crippen LogP contribution in [0.5, 0.6) is 0 Å². The lowest BCUT2D eigenvalue weighted by Crippen LogP contribution is -2.38. The zero-order valence-corrected chi connectivity index (χ0v) is 16.3. The van der Waals surface area contributed by atoms with Gasteiger partial charge in [0.25, 0.3) is 5.91 Å². The molecule has 0 radical (unpaired) electrons. The second kappa shape index (κ2) is 8.15. The first-order valence-corrected chi connectivity index (χ1v) is 9.35. The summed E-state index contributed by atoms with van der Waals surface area (Å²) in [7, 11) is 5.84. The molecule has 0 saturated carbocycles. The Morgan fingerprint density at radius 3 is 2.62 bits per heavy atom.